The first-order chi connectivity index (χ1) is 9.91. The number of benzene rings is 1. The van der Waals surface area contributed by atoms with E-state index in [4.69, 9.17) is 5.11 Å². The lowest BCUT2D eigenvalue weighted by atomic mass is 10.1. The van der Waals surface area contributed by atoms with Crippen molar-refractivity contribution in [3.05, 3.63) is 33.8 Å². The van der Waals surface area contributed by atoms with Crippen LogP contribution in [-0.4, -0.2) is 59.0 Å². The van der Waals surface area contributed by atoms with Crippen molar-refractivity contribution in [3.8, 4) is 0 Å². The highest BCUT2D eigenvalue weighted by molar-refractivity contribution is 9.10. The van der Waals surface area contributed by atoms with Crippen molar-refractivity contribution >= 4 is 27.8 Å². The molecule has 0 aliphatic carbocycles. The minimum atomic E-state index is -0.822. The zero-order chi connectivity index (χ0) is 15.6. The van der Waals surface area contributed by atoms with Crippen molar-refractivity contribution in [2.24, 2.45) is 0 Å². The molecule has 0 bridgehead atoms. The molecule has 0 radical (unpaired) electrons. The normalized spacial score (nSPS) is 17.6. The third-order valence-corrected chi connectivity index (χ3v) is 4.86. The average Bonchev–Trinajstić information content (AvgIpc) is 2.48. The zero-order valence-electron chi connectivity index (χ0n) is 12.2. The molecule has 1 aliphatic rings. The van der Waals surface area contributed by atoms with Crippen LogP contribution in [-0.2, 0) is 4.79 Å². The van der Waals surface area contributed by atoms with Gasteiger partial charge in [-0.15, -0.1) is 0 Å². The van der Waals surface area contributed by atoms with Crippen molar-refractivity contribution < 1.29 is 14.7 Å². The quantitative estimate of drug-likeness (QED) is 0.901. The molecule has 0 spiro atoms. The number of hydrogen-bond donors (Lipinski definition) is 1. The Labute approximate surface area is 132 Å². The Kier molecular flexibility index (Phi) is 5.00. The molecule has 1 aliphatic heterocycles. The summed E-state index contributed by atoms with van der Waals surface area (Å²) < 4.78 is 0.923. The van der Waals surface area contributed by atoms with Crippen LogP contribution in [0.25, 0.3) is 0 Å². The highest BCUT2D eigenvalue weighted by atomic mass is 79.9. The molecule has 0 saturated carbocycles. The lowest BCUT2D eigenvalue weighted by Gasteiger charge is -2.36. The first-order valence-electron chi connectivity index (χ1n) is 6.93. The summed E-state index contributed by atoms with van der Waals surface area (Å²) in [6.45, 7) is 5.89. The van der Waals surface area contributed by atoms with E-state index in [9.17, 15) is 9.59 Å². The average molecular weight is 355 g/mol. The monoisotopic (exact) mass is 354 g/mol. The Morgan fingerprint density at radius 1 is 1.24 bits per heavy atom. The van der Waals surface area contributed by atoms with Crippen molar-refractivity contribution in [2.75, 3.05) is 26.2 Å². The third kappa shape index (κ3) is 3.44. The number of piperazine rings is 1. The standard InChI is InChI=1S/C15H19BrN2O3/c1-10-12(4-3-5-13(10)16)14(19)18-8-6-17(7-9-18)11(2)15(20)21/h3-5,11H,6-9H2,1-2H3,(H,20,21). The molecule has 1 heterocycles. The summed E-state index contributed by atoms with van der Waals surface area (Å²) in [6, 6.07) is 5.09. The lowest BCUT2D eigenvalue weighted by Crippen LogP contribution is -2.53. The second-order valence-electron chi connectivity index (χ2n) is 5.25. The van der Waals surface area contributed by atoms with E-state index in [2.05, 4.69) is 15.9 Å². The number of rotatable bonds is 3. The van der Waals surface area contributed by atoms with E-state index in [1.807, 2.05) is 30.0 Å². The predicted molar refractivity (Wildman–Crippen MR) is 83.5 cm³/mol. The molecular formula is C15H19BrN2O3. The lowest BCUT2D eigenvalue weighted by molar-refractivity contribution is -0.143. The zero-order valence-corrected chi connectivity index (χ0v) is 13.8. The smallest absolute Gasteiger partial charge is 0.320 e. The van der Waals surface area contributed by atoms with Crippen LogP contribution in [0.5, 0.6) is 0 Å². The van der Waals surface area contributed by atoms with Crippen LogP contribution in [0.2, 0.25) is 0 Å². The van der Waals surface area contributed by atoms with Crippen LogP contribution in [0.1, 0.15) is 22.8 Å². The number of nitrogens with zero attached hydrogens (tertiary/aromatic N) is 2. The Bertz CT molecular complexity index is 554. The molecule has 114 valence electrons. The van der Waals surface area contributed by atoms with Gasteiger partial charge in [-0.25, -0.2) is 0 Å². The number of hydrogen-bond acceptors (Lipinski definition) is 3. The largest absolute Gasteiger partial charge is 0.480 e. The van der Waals surface area contributed by atoms with E-state index in [0.717, 1.165) is 10.0 Å². The van der Waals surface area contributed by atoms with E-state index < -0.39 is 12.0 Å². The van der Waals surface area contributed by atoms with Gasteiger partial charge >= 0.3 is 5.97 Å². The first kappa shape index (κ1) is 16.0. The summed E-state index contributed by atoms with van der Waals surface area (Å²) in [5, 5.41) is 9.03. The van der Waals surface area contributed by atoms with E-state index in [1.54, 1.807) is 11.8 Å². The highest BCUT2D eigenvalue weighted by Gasteiger charge is 2.28. The van der Waals surface area contributed by atoms with Crippen molar-refractivity contribution in [1.82, 2.24) is 9.80 Å². The van der Waals surface area contributed by atoms with Gasteiger partial charge in [-0.2, -0.15) is 0 Å². The molecule has 5 nitrogen and oxygen atoms in total. The van der Waals surface area contributed by atoms with Crippen molar-refractivity contribution in [3.63, 3.8) is 0 Å². The molecule has 21 heavy (non-hydrogen) atoms. The summed E-state index contributed by atoms with van der Waals surface area (Å²) in [4.78, 5) is 27.2. The van der Waals surface area contributed by atoms with Gasteiger partial charge in [-0.3, -0.25) is 14.5 Å². The number of carboxylic acids is 1. The highest BCUT2D eigenvalue weighted by Crippen LogP contribution is 2.21. The summed E-state index contributed by atoms with van der Waals surface area (Å²) in [5.41, 5.74) is 1.63. The van der Waals surface area contributed by atoms with Crippen LogP contribution in [0.4, 0.5) is 0 Å². The molecule has 0 aromatic heterocycles. The van der Waals surface area contributed by atoms with E-state index in [1.165, 1.54) is 0 Å². The van der Waals surface area contributed by atoms with Gasteiger partial charge in [0.2, 0.25) is 0 Å². The Hall–Kier alpha value is -1.40. The van der Waals surface area contributed by atoms with Crippen LogP contribution in [0.3, 0.4) is 0 Å². The fraction of sp³-hybridized carbons (Fsp3) is 0.467. The predicted octanol–water partition coefficient (Wildman–Crippen LogP) is 1.99. The molecule has 6 heteroatoms. The maximum atomic E-state index is 12.6. The fourth-order valence-electron chi connectivity index (χ4n) is 2.48. The summed E-state index contributed by atoms with van der Waals surface area (Å²) in [5.74, 6) is -0.811. The van der Waals surface area contributed by atoms with Crippen molar-refractivity contribution in [1.29, 1.82) is 0 Å². The molecule has 2 rings (SSSR count). The van der Waals surface area contributed by atoms with Gasteiger partial charge < -0.3 is 10.0 Å². The molecule has 1 saturated heterocycles. The van der Waals surface area contributed by atoms with Gasteiger partial charge in [0, 0.05) is 36.2 Å². The molecule has 1 N–H and O–H groups in total. The second-order valence-corrected chi connectivity index (χ2v) is 6.11. The number of carbonyl (C=O) groups excluding carboxylic acids is 1. The third-order valence-electron chi connectivity index (χ3n) is 4.00. The van der Waals surface area contributed by atoms with Gasteiger partial charge in [-0.05, 0) is 31.5 Å². The minimum absolute atomic E-state index is 0.0106. The second kappa shape index (κ2) is 6.58. The number of carboxylic acid groups (broad SMARTS) is 1. The first-order valence-corrected chi connectivity index (χ1v) is 7.72. The minimum Gasteiger partial charge on any atom is -0.480 e. The van der Waals surface area contributed by atoms with Crippen LogP contribution in [0, 0.1) is 6.92 Å². The van der Waals surface area contributed by atoms with Crippen LogP contribution >= 0.6 is 15.9 Å². The van der Waals surface area contributed by atoms with Crippen LogP contribution < -0.4 is 0 Å². The van der Waals surface area contributed by atoms with Crippen LogP contribution in [0.15, 0.2) is 22.7 Å². The van der Waals surface area contributed by atoms with Gasteiger partial charge in [0.05, 0.1) is 0 Å². The topological polar surface area (TPSA) is 60.9 Å². The van der Waals surface area contributed by atoms with E-state index in [-0.39, 0.29) is 5.91 Å². The van der Waals surface area contributed by atoms with E-state index >= 15 is 0 Å². The fourth-order valence-corrected chi connectivity index (χ4v) is 2.84. The van der Waals surface area contributed by atoms with Gasteiger partial charge in [0.15, 0.2) is 0 Å². The number of aliphatic carboxylic acids is 1. The number of amides is 1. The van der Waals surface area contributed by atoms with E-state index in [0.29, 0.717) is 31.7 Å². The molecule has 1 unspecified atom stereocenters. The molecular weight excluding hydrogens is 336 g/mol. The molecule has 1 fully saturated rings. The Morgan fingerprint density at radius 2 is 1.86 bits per heavy atom. The van der Waals surface area contributed by atoms with Gasteiger partial charge in [-0.1, -0.05) is 22.0 Å². The summed E-state index contributed by atoms with van der Waals surface area (Å²) >= 11 is 3.44. The maximum Gasteiger partial charge on any atom is 0.320 e. The Morgan fingerprint density at radius 3 is 2.43 bits per heavy atom. The molecule has 1 aromatic rings. The van der Waals surface area contributed by atoms with Gasteiger partial charge in [0.25, 0.3) is 5.91 Å². The van der Waals surface area contributed by atoms with Crippen molar-refractivity contribution in [2.45, 2.75) is 19.9 Å². The Balaban J connectivity index is 2.04. The molecule has 1 amide bonds. The summed E-state index contributed by atoms with van der Waals surface area (Å²) in [7, 11) is 0. The summed E-state index contributed by atoms with van der Waals surface area (Å²) in [6.07, 6.45) is 0. The van der Waals surface area contributed by atoms with Gasteiger partial charge in [0.1, 0.15) is 6.04 Å². The SMILES string of the molecule is Cc1c(Br)cccc1C(=O)N1CCN(C(C)C(=O)O)CC1. The number of halogens is 1. The molecule has 1 atom stereocenters. The maximum absolute atomic E-state index is 12.6. The number of carbonyl (C=O) groups is 2. The molecule has 1 aromatic carbocycles.